The highest BCUT2D eigenvalue weighted by molar-refractivity contribution is 7.21. The predicted molar refractivity (Wildman–Crippen MR) is 84.3 cm³/mol. The number of rotatable bonds is 3. The molecule has 0 atom stereocenters. The molecule has 0 aliphatic rings. The second-order valence-electron chi connectivity index (χ2n) is 4.46. The number of aryl methyl sites for hydroxylation is 1. The van der Waals surface area contributed by atoms with Crippen molar-refractivity contribution in [1.82, 2.24) is 10.3 Å². The molecular formula is C14H13N3OS2. The Labute approximate surface area is 124 Å². The molecule has 0 saturated heterocycles. The summed E-state index contributed by atoms with van der Waals surface area (Å²) in [5.74, 6) is -0.144. The maximum Gasteiger partial charge on any atom is 0.263 e. The Kier molecular flexibility index (Phi) is 3.42. The number of anilines is 1. The van der Waals surface area contributed by atoms with Crippen LogP contribution in [0.1, 0.15) is 20.9 Å². The van der Waals surface area contributed by atoms with Gasteiger partial charge in [-0.05, 0) is 41.4 Å². The number of fused-ring (bicyclic) bond motifs is 1. The van der Waals surface area contributed by atoms with E-state index in [-0.39, 0.29) is 5.91 Å². The first kappa shape index (κ1) is 13.1. The van der Waals surface area contributed by atoms with Crippen LogP contribution in [0.2, 0.25) is 0 Å². The second kappa shape index (κ2) is 5.22. The molecule has 3 aromatic rings. The molecule has 0 aromatic carbocycles. The zero-order chi connectivity index (χ0) is 14.1. The summed E-state index contributed by atoms with van der Waals surface area (Å²) in [5.41, 5.74) is 8.58. The molecule has 0 bridgehead atoms. The molecule has 0 spiro atoms. The summed E-state index contributed by atoms with van der Waals surface area (Å²) in [6.07, 6.45) is 0. The Hall–Kier alpha value is -1.92. The van der Waals surface area contributed by atoms with Crippen molar-refractivity contribution in [3.63, 3.8) is 0 Å². The van der Waals surface area contributed by atoms with Crippen LogP contribution < -0.4 is 11.1 Å². The predicted octanol–water partition coefficient (Wildman–Crippen LogP) is 3.18. The van der Waals surface area contributed by atoms with Gasteiger partial charge in [0.2, 0.25) is 0 Å². The molecule has 0 aliphatic heterocycles. The summed E-state index contributed by atoms with van der Waals surface area (Å²) < 4.78 is 0. The number of carbonyl (C=O) groups excluding carboxylic acids is 1. The Morgan fingerprint density at radius 3 is 3.00 bits per heavy atom. The van der Waals surface area contributed by atoms with E-state index in [0.29, 0.717) is 17.1 Å². The van der Waals surface area contributed by atoms with Crippen molar-refractivity contribution in [3.05, 3.63) is 45.1 Å². The van der Waals surface area contributed by atoms with Crippen LogP contribution in [0, 0.1) is 6.92 Å². The fraction of sp³-hybridized carbons (Fsp3) is 0.143. The Morgan fingerprint density at radius 2 is 2.25 bits per heavy atom. The molecule has 0 saturated carbocycles. The van der Waals surface area contributed by atoms with Crippen LogP contribution in [-0.4, -0.2) is 10.9 Å². The molecule has 1 amide bonds. The van der Waals surface area contributed by atoms with Gasteiger partial charge in [-0.3, -0.25) is 4.79 Å². The molecule has 3 rings (SSSR count). The zero-order valence-electron chi connectivity index (χ0n) is 10.8. The highest BCUT2D eigenvalue weighted by atomic mass is 32.1. The number of hydrogen-bond donors (Lipinski definition) is 2. The Morgan fingerprint density at radius 1 is 1.40 bits per heavy atom. The van der Waals surface area contributed by atoms with E-state index in [4.69, 9.17) is 5.73 Å². The average molecular weight is 303 g/mol. The largest absolute Gasteiger partial charge is 0.397 e. The summed E-state index contributed by atoms with van der Waals surface area (Å²) in [6.45, 7) is 2.44. The molecule has 20 heavy (non-hydrogen) atoms. The van der Waals surface area contributed by atoms with Crippen molar-refractivity contribution in [2.75, 3.05) is 5.73 Å². The molecule has 102 valence electrons. The molecule has 3 heterocycles. The van der Waals surface area contributed by atoms with E-state index in [9.17, 15) is 4.79 Å². The van der Waals surface area contributed by atoms with Crippen molar-refractivity contribution in [1.29, 1.82) is 0 Å². The van der Waals surface area contributed by atoms with Gasteiger partial charge in [0, 0.05) is 17.6 Å². The van der Waals surface area contributed by atoms with Crippen molar-refractivity contribution in [2.24, 2.45) is 0 Å². The van der Waals surface area contributed by atoms with E-state index in [2.05, 4.69) is 10.3 Å². The van der Waals surface area contributed by atoms with E-state index in [0.717, 1.165) is 21.5 Å². The lowest BCUT2D eigenvalue weighted by molar-refractivity contribution is 0.0956. The fourth-order valence-electron chi connectivity index (χ4n) is 1.91. The third kappa shape index (κ3) is 2.39. The number of thiophene rings is 2. The average Bonchev–Trinajstić information content (AvgIpc) is 3.04. The summed E-state index contributed by atoms with van der Waals surface area (Å²) in [7, 11) is 0. The van der Waals surface area contributed by atoms with E-state index in [1.165, 1.54) is 11.3 Å². The van der Waals surface area contributed by atoms with E-state index < -0.39 is 0 Å². The van der Waals surface area contributed by atoms with E-state index in [1.807, 2.05) is 35.9 Å². The number of nitrogens with one attached hydrogen (secondary N) is 1. The van der Waals surface area contributed by atoms with Gasteiger partial charge in [0.15, 0.2) is 0 Å². The van der Waals surface area contributed by atoms with Crippen molar-refractivity contribution < 1.29 is 4.79 Å². The van der Waals surface area contributed by atoms with E-state index in [1.54, 1.807) is 11.3 Å². The topological polar surface area (TPSA) is 68.0 Å². The molecule has 6 heteroatoms. The number of carbonyl (C=O) groups is 1. The Balaban J connectivity index is 1.85. The number of aromatic nitrogens is 1. The van der Waals surface area contributed by atoms with Crippen LogP contribution in [0.3, 0.4) is 0 Å². The fourth-order valence-corrected chi connectivity index (χ4v) is 3.64. The minimum Gasteiger partial charge on any atom is -0.397 e. The number of hydrogen-bond acceptors (Lipinski definition) is 5. The van der Waals surface area contributed by atoms with Gasteiger partial charge in [0.1, 0.15) is 9.71 Å². The number of nitrogen functional groups attached to an aromatic ring is 1. The summed E-state index contributed by atoms with van der Waals surface area (Å²) >= 11 is 2.95. The highest BCUT2D eigenvalue weighted by Crippen LogP contribution is 2.32. The molecule has 0 radical (unpaired) electrons. The third-order valence-electron chi connectivity index (χ3n) is 2.97. The molecular weight excluding hydrogens is 290 g/mol. The molecule has 0 fully saturated rings. The van der Waals surface area contributed by atoms with Gasteiger partial charge in [-0.2, -0.15) is 11.3 Å². The normalized spacial score (nSPS) is 10.8. The summed E-state index contributed by atoms with van der Waals surface area (Å²) in [6, 6.07) is 5.81. The molecule has 0 unspecified atom stereocenters. The highest BCUT2D eigenvalue weighted by Gasteiger charge is 2.16. The number of nitrogens with two attached hydrogens (primary N) is 1. The molecule has 3 aromatic heterocycles. The van der Waals surface area contributed by atoms with Crippen LogP contribution in [0.4, 0.5) is 5.69 Å². The SMILES string of the molecule is Cc1ccc2c(N)c(C(=O)NCc3ccsc3)sc2n1. The van der Waals surface area contributed by atoms with Crippen molar-refractivity contribution in [2.45, 2.75) is 13.5 Å². The van der Waals surface area contributed by atoms with Gasteiger partial charge in [0.05, 0.1) is 5.69 Å². The number of amides is 1. The van der Waals surface area contributed by atoms with E-state index >= 15 is 0 Å². The van der Waals surface area contributed by atoms with Gasteiger partial charge >= 0.3 is 0 Å². The monoisotopic (exact) mass is 303 g/mol. The maximum absolute atomic E-state index is 12.2. The van der Waals surface area contributed by atoms with Gasteiger partial charge in [-0.1, -0.05) is 0 Å². The van der Waals surface area contributed by atoms with Gasteiger partial charge in [-0.25, -0.2) is 4.98 Å². The van der Waals surface area contributed by atoms with Crippen LogP contribution in [0.15, 0.2) is 29.0 Å². The summed E-state index contributed by atoms with van der Waals surface area (Å²) in [5, 5.41) is 7.74. The minimum absolute atomic E-state index is 0.144. The second-order valence-corrected chi connectivity index (χ2v) is 6.24. The number of pyridine rings is 1. The third-order valence-corrected chi connectivity index (χ3v) is 4.82. The standard InChI is InChI=1S/C14H13N3OS2/c1-8-2-3-10-11(15)12(20-14(10)17-8)13(18)16-6-9-4-5-19-7-9/h2-5,7H,6,15H2,1H3,(H,16,18). The minimum atomic E-state index is -0.144. The first-order chi connectivity index (χ1) is 9.65. The van der Waals surface area contributed by atoms with Crippen molar-refractivity contribution >= 4 is 44.5 Å². The lowest BCUT2D eigenvalue weighted by Crippen LogP contribution is -2.22. The first-order valence-corrected chi connectivity index (χ1v) is 7.86. The van der Waals surface area contributed by atoms with Crippen LogP contribution in [0.5, 0.6) is 0 Å². The molecule has 0 aliphatic carbocycles. The van der Waals surface area contributed by atoms with Crippen LogP contribution >= 0.6 is 22.7 Å². The molecule has 4 nitrogen and oxygen atoms in total. The quantitative estimate of drug-likeness (QED) is 0.781. The van der Waals surface area contributed by atoms with Gasteiger partial charge < -0.3 is 11.1 Å². The lowest BCUT2D eigenvalue weighted by Gasteiger charge is -2.02. The van der Waals surface area contributed by atoms with Gasteiger partial charge in [-0.15, -0.1) is 11.3 Å². The Bertz CT molecular complexity index is 762. The van der Waals surface area contributed by atoms with Crippen LogP contribution in [0.25, 0.3) is 10.2 Å². The number of nitrogens with zero attached hydrogens (tertiary/aromatic N) is 1. The van der Waals surface area contributed by atoms with Gasteiger partial charge in [0.25, 0.3) is 5.91 Å². The smallest absolute Gasteiger partial charge is 0.263 e. The first-order valence-electron chi connectivity index (χ1n) is 6.10. The summed E-state index contributed by atoms with van der Waals surface area (Å²) in [4.78, 5) is 18.0. The van der Waals surface area contributed by atoms with Crippen molar-refractivity contribution in [3.8, 4) is 0 Å². The molecule has 3 N–H and O–H groups in total. The van der Waals surface area contributed by atoms with Crippen LogP contribution in [-0.2, 0) is 6.54 Å². The maximum atomic E-state index is 12.2. The lowest BCUT2D eigenvalue weighted by atomic mass is 10.2. The zero-order valence-corrected chi connectivity index (χ0v) is 12.5.